The van der Waals surface area contributed by atoms with Crippen LogP contribution in [-0.4, -0.2) is 37.2 Å². The molecule has 0 aliphatic heterocycles. The average Bonchev–Trinajstić information content (AvgIpc) is 2.30. The summed E-state index contributed by atoms with van der Waals surface area (Å²) in [6.45, 7) is 0. The molecule has 1 aromatic carbocycles. The van der Waals surface area contributed by atoms with Crippen molar-refractivity contribution >= 4 is 39.3 Å². The molecule has 1 aromatic rings. The van der Waals surface area contributed by atoms with E-state index >= 15 is 0 Å². The van der Waals surface area contributed by atoms with Crippen molar-refractivity contribution in [3.05, 3.63) is 28.2 Å². The second-order valence-corrected chi connectivity index (χ2v) is 4.66. The third-order valence-corrected chi connectivity index (χ3v) is 2.85. The molecule has 17 heavy (non-hydrogen) atoms. The second-order valence-electron chi connectivity index (χ2n) is 3.39. The van der Waals surface area contributed by atoms with E-state index in [9.17, 15) is 4.79 Å². The van der Waals surface area contributed by atoms with Crippen molar-refractivity contribution in [1.29, 1.82) is 0 Å². The fraction of sp³-hybridized carbons (Fsp3) is 0.273. The molecule has 1 rings (SSSR count). The van der Waals surface area contributed by atoms with Crippen LogP contribution >= 0.6 is 28.1 Å². The zero-order valence-corrected chi connectivity index (χ0v) is 12.1. The monoisotopic (exact) mass is 317 g/mol. The molecule has 6 heteroatoms. The van der Waals surface area contributed by atoms with E-state index in [0.717, 1.165) is 4.47 Å². The second kappa shape index (κ2) is 5.97. The first-order valence-electron chi connectivity index (χ1n) is 4.72. The zero-order valence-electron chi connectivity index (χ0n) is 9.69. The lowest BCUT2D eigenvalue weighted by Gasteiger charge is -2.15. The van der Waals surface area contributed by atoms with Gasteiger partial charge in [-0.2, -0.15) is 0 Å². The Hall–Kier alpha value is -1.14. The fourth-order valence-corrected chi connectivity index (χ4v) is 1.50. The van der Waals surface area contributed by atoms with E-state index in [-0.39, 0.29) is 5.17 Å². The van der Waals surface area contributed by atoms with Gasteiger partial charge in [0.05, 0.1) is 7.11 Å². The molecular weight excluding hydrogens is 306 g/mol. The van der Waals surface area contributed by atoms with Crippen molar-refractivity contribution in [2.24, 2.45) is 0 Å². The van der Waals surface area contributed by atoms with Gasteiger partial charge in [0, 0.05) is 18.6 Å². The number of halogens is 1. The normalized spacial score (nSPS) is 9.65. The highest BCUT2D eigenvalue weighted by Crippen LogP contribution is 2.24. The molecule has 0 aliphatic carbocycles. The predicted octanol–water partition coefficient (Wildman–Crippen LogP) is 2.46. The molecule has 0 spiro atoms. The molecule has 0 aromatic heterocycles. The largest absolute Gasteiger partial charge is 0.465 e. The lowest BCUT2D eigenvalue weighted by atomic mass is 10.2. The van der Waals surface area contributed by atoms with Crippen molar-refractivity contribution < 1.29 is 14.3 Å². The lowest BCUT2D eigenvalue weighted by Crippen LogP contribution is -2.25. The summed E-state index contributed by atoms with van der Waals surface area (Å²) in [6.07, 6.45) is 0. The van der Waals surface area contributed by atoms with Crippen LogP contribution in [0.1, 0.15) is 10.4 Å². The van der Waals surface area contributed by atoms with Crippen LogP contribution in [0.15, 0.2) is 22.7 Å². The number of esters is 1. The van der Waals surface area contributed by atoms with E-state index < -0.39 is 5.97 Å². The van der Waals surface area contributed by atoms with E-state index in [1.807, 2.05) is 0 Å². The Labute approximate surface area is 114 Å². The van der Waals surface area contributed by atoms with E-state index in [1.165, 1.54) is 7.11 Å². The highest BCUT2D eigenvalue weighted by Gasteiger charge is 2.15. The fourth-order valence-electron chi connectivity index (χ4n) is 1.05. The molecule has 0 saturated carbocycles. The Balaban J connectivity index is 3.06. The van der Waals surface area contributed by atoms with E-state index in [4.69, 9.17) is 17.0 Å². The maximum absolute atomic E-state index is 11.6. The molecule has 0 amide bonds. The summed E-state index contributed by atoms with van der Waals surface area (Å²) in [5.74, 6) is -0.0957. The van der Waals surface area contributed by atoms with Gasteiger partial charge in [-0.05, 0) is 30.4 Å². The molecule has 0 heterocycles. The molecule has 0 unspecified atom stereocenters. The number of rotatable bonds is 2. The minimum atomic E-state index is -0.470. The molecule has 0 fully saturated rings. The van der Waals surface area contributed by atoms with Gasteiger partial charge in [0.15, 0.2) is 0 Å². The maximum Gasteiger partial charge on any atom is 0.341 e. The van der Waals surface area contributed by atoms with Crippen molar-refractivity contribution in [2.75, 3.05) is 21.2 Å². The van der Waals surface area contributed by atoms with Gasteiger partial charge >= 0.3 is 5.97 Å². The summed E-state index contributed by atoms with van der Waals surface area (Å²) in [7, 11) is 4.84. The quantitative estimate of drug-likeness (QED) is 0.619. The van der Waals surface area contributed by atoms with Crippen LogP contribution in [0.2, 0.25) is 0 Å². The standard InChI is InChI=1S/C11H12BrNO3S/c1-13(2)11(17)16-9-5-4-7(12)6-8(9)10(14)15-3/h4-6H,1-3H3. The first-order valence-corrected chi connectivity index (χ1v) is 5.93. The van der Waals surface area contributed by atoms with Gasteiger partial charge in [-0.15, -0.1) is 0 Å². The molecule has 4 nitrogen and oxygen atoms in total. The molecule has 92 valence electrons. The lowest BCUT2D eigenvalue weighted by molar-refractivity contribution is 0.0598. The topological polar surface area (TPSA) is 38.8 Å². The van der Waals surface area contributed by atoms with E-state index in [2.05, 4.69) is 20.7 Å². The number of benzene rings is 1. The van der Waals surface area contributed by atoms with Crippen LogP contribution in [0.5, 0.6) is 5.75 Å². The number of thiocarbonyl (C=S) groups is 1. The van der Waals surface area contributed by atoms with Gasteiger partial charge in [0.1, 0.15) is 11.3 Å². The SMILES string of the molecule is COC(=O)c1cc(Br)ccc1OC(=S)N(C)C. The van der Waals surface area contributed by atoms with Gasteiger partial charge in [-0.3, -0.25) is 0 Å². The van der Waals surface area contributed by atoms with Crippen molar-refractivity contribution in [3.63, 3.8) is 0 Å². The summed E-state index contributed by atoms with van der Waals surface area (Å²) in [4.78, 5) is 13.2. The number of ether oxygens (including phenoxy) is 2. The van der Waals surface area contributed by atoms with Gasteiger partial charge < -0.3 is 14.4 Å². The molecule has 0 bridgehead atoms. The highest BCUT2D eigenvalue weighted by atomic mass is 79.9. The van der Waals surface area contributed by atoms with Gasteiger partial charge in [0.2, 0.25) is 0 Å². The van der Waals surface area contributed by atoms with Gasteiger partial charge in [0.25, 0.3) is 5.17 Å². The summed E-state index contributed by atoms with van der Waals surface area (Å²) >= 11 is 8.30. The third-order valence-electron chi connectivity index (χ3n) is 1.91. The number of carbonyl (C=O) groups is 1. The van der Waals surface area contributed by atoms with Crippen molar-refractivity contribution in [1.82, 2.24) is 4.90 Å². The number of nitrogens with zero attached hydrogens (tertiary/aromatic N) is 1. The first kappa shape index (κ1) is 13.9. The van der Waals surface area contributed by atoms with Crippen molar-refractivity contribution in [2.45, 2.75) is 0 Å². The van der Waals surface area contributed by atoms with Crippen molar-refractivity contribution in [3.8, 4) is 5.75 Å². The Bertz CT molecular complexity index is 448. The molecule has 0 atom stereocenters. The minimum Gasteiger partial charge on any atom is -0.465 e. The van der Waals surface area contributed by atoms with E-state index in [0.29, 0.717) is 11.3 Å². The Morgan fingerprint density at radius 1 is 1.41 bits per heavy atom. The van der Waals surface area contributed by atoms with E-state index in [1.54, 1.807) is 37.2 Å². The summed E-state index contributed by atoms with van der Waals surface area (Å²) in [6, 6.07) is 5.05. The Morgan fingerprint density at radius 3 is 2.59 bits per heavy atom. The van der Waals surface area contributed by atoms with Crippen LogP contribution in [-0.2, 0) is 4.74 Å². The van der Waals surface area contributed by atoms with Crippen LogP contribution in [0.4, 0.5) is 0 Å². The maximum atomic E-state index is 11.6. The molecular formula is C11H12BrNO3S. The molecule has 0 N–H and O–H groups in total. The van der Waals surface area contributed by atoms with Gasteiger partial charge in [-0.1, -0.05) is 15.9 Å². The molecule has 0 saturated heterocycles. The van der Waals surface area contributed by atoms with Gasteiger partial charge in [-0.25, -0.2) is 4.79 Å². The van der Waals surface area contributed by atoms with Crippen LogP contribution in [0.3, 0.4) is 0 Å². The van der Waals surface area contributed by atoms with Crippen LogP contribution in [0, 0.1) is 0 Å². The number of carbonyl (C=O) groups excluding carboxylic acids is 1. The summed E-state index contributed by atoms with van der Waals surface area (Å²) in [5, 5.41) is 0.275. The summed E-state index contributed by atoms with van der Waals surface area (Å²) in [5.41, 5.74) is 0.325. The Morgan fingerprint density at radius 2 is 2.06 bits per heavy atom. The third kappa shape index (κ3) is 3.67. The zero-order chi connectivity index (χ0) is 13.0. The Kier molecular flexibility index (Phi) is 4.89. The minimum absolute atomic E-state index is 0.275. The summed E-state index contributed by atoms with van der Waals surface area (Å²) < 4.78 is 10.9. The first-order chi connectivity index (χ1) is 7.95. The highest BCUT2D eigenvalue weighted by molar-refractivity contribution is 9.10. The average molecular weight is 318 g/mol. The van der Waals surface area contributed by atoms with Crippen LogP contribution < -0.4 is 4.74 Å². The molecule has 0 radical (unpaired) electrons. The number of hydrogen-bond acceptors (Lipinski definition) is 4. The van der Waals surface area contributed by atoms with Crippen LogP contribution in [0.25, 0.3) is 0 Å². The number of hydrogen-bond donors (Lipinski definition) is 0. The predicted molar refractivity (Wildman–Crippen MR) is 72.4 cm³/mol. The smallest absolute Gasteiger partial charge is 0.341 e. The number of methoxy groups -OCH3 is 1. The molecule has 0 aliphatic rings.